The lowest BCUT2D eigenvalue weighted by Crippen LogP contribution is -2.27. The molecule has 0 radical (unpaired) electrons. The molecule has 1 aliphatic heterocycles. The van der Waals surface area contributed by atoms with Gasteiger partial charge in [0.2, 0.25) is 6.29 Å². The number of hydrogen-bond acceptors (Lipinski definition) is 3. The Labute approximate surface area is 110 Å². The van der Waals surface area contributed by atoms with Crippen LogP contribution in [0.2, 0.25) is 13.1 Å². The summed E-state index contributed by atoms with van der Waals surface area (Å²) in [5.41, 5.74) is 2.12. The predicted molar refractivity (Wildman–Crippen MR) is 74.5 cm³/mol. The minimum atomic E-state index is -1.22. The summed E-state index contributed by atoms with van der Waals surface area (Å²) in [5, 5.41) is 10.2. The van der Waals surface area contributed by atoms with Gasteiger partial charge < -0.3 is 14.3 Å². The molecule has 1 aromatic rings. The van der Waals surface area contributed by atoms with E-state index in [0.29, 0.717) is 0 Å². The average Bonchev–Trinajstić information content (AvgIpc) is 2.53. The van der Waals surface area contributed by atoms with E-state index in [2.05, 4.69) is 39.9 Å². The van der Waals surface area contributed by atoms with E-state index in [1.807, 2.05) is 12.1 Å². The first kappa shape index (κ1) is 13.6. The monoisotopic (exact) mass is 266 g/mol. The third-order valence-electron chi connectivity index (χ3n) is 3.11. The summed E-state index contributed by atoms with van der Waals surface area (Å²) in [7, 11) is -1.22. The fourth-order valence-electron chi connectivity index (χ4n) is 2.05. The zero-order valence-corrected chi connectivity index (χ0v) is 12.9. The number of ether oxygens (including phenoxy) is 1. The maximum Gasteiger partial charge on any atom is 0.221 e. The Hall–Kier alpha value is -0.843. The topological polar surface area (TPSA) is 38.7 Å². The highest BCUT2D eigenvalue weighted by Gasteiger charge is 2.34. The lowest BCUT2D eigenvalue weighted by molar-refractivity contribution is -0.0659. The van der Waals surface area contributed by atoms with Crippen molar-refractivity contribution in [2.24, 2.45) is 0 Å². The van der Waals surface area contributed by atoms with Gasteiger partial charge in [-0.05, 0) is 30.1 Å². The van der Waals surface area contributed by atoms with Crippen LogP contribution in [0.15, 0.2) is 18.2 Å². The number of fused-ring (bicyclic) bond motifs is 1. The van der Waals surface area contributed by atoms with E-state index >= 15 is 0 Å². The Morgan fingerprint density at radius 3 is 2.50 bits per heavy atom. The molecule has 2 unspecified atom stereocenters. The van der Waals surface area contributed by atoms with Gasteiger partial charge in [0, 0.05) is 5.56 Å². The predicted octanol–water partition coefficient (Wildman–Crippen LogP) is 2.74. The van der Waals surface area contributed by atoms with Gasteiger partial charge >= 0.3 is 0 Å². The van der Waals surface area contributed by atoms with Crippen LogP contribution in [0.5, 0.6) is 5.75 Å². The normalized spacial score (nSPS) is 23.1. The Bertz CT molecular complexity index is 437. The van der Waals surface area contributed by atoms with Gasteiger partial charge in [0.1, 0.15) is 11.9 Å². The molecule has 3 nitrogen and oxygen atoms in total. The third kappa shape index (κ3) is 2.60. The molecule has 0 amide bonds. The van der Waals surface area contributed by atoms with Crippen molar-refractivity contribution >= 4 is 9.04 Å². The molecule has 0 fully saturated rings. The van der Waals surface area contributed by atoms with Gasteiger partial charge in [-0.25, -0.2) is 0 Å². The number of aliphatic hydroxyl groups is 1. The molecule has 1 aliphatic rings. The van der Waals surface area contributed by atoms with Crippen molar-refractivity contribution in [3.05, 3.63) is 29.3 Å². The van der Waals surface area contributed by atoms with Crippen LogP contribution in [0.4, 0.5) is 0 Å². The van der Waals surface area contributed by atoms with Crippen LogP contribution in [0.1, 0.15) is 38.0 Å². The molecule has 1 N–H and O–H groups in total. The molecule has 2 rings (SSSR count). The molecule has 1 aromatic carbocycles. The number of benzene rings is 1. The summed E-state index contributed by atoms with van der Waals surface area (Å²) in [5.74, 6) is 0.759. The van der Waals surface area contributed by atoms with E-state index in [-0.39, 0.29) is 5.41 Å². The van der Waals surface area contributed by atoms with Crippen molar-refractivity contribution in [3.63, 3.8) is 0 Å². The van der Waals surface area contributed by atoms with Gasteiger partial charge in [-0.1, -0.05) is 32.9 Å². The van der Waals surface area contributed by atoms with Crippen LogP contribution in [0.3, 0.4) is 0 Å². The molecule has 1 heterocycles. The number of rotatable bonds is 2. The minimum absolute atomic E-state index is 0.0785. The van der Waals surface area contributed by atoms with Gasteiger partial charge in [0.15, 0.2) is 9.04 Å². The average molecular weight is 266 g/mol. The van der Waals surface area contributed by atoms with Crippen molar-refractivity contribution in [2.45, 2.75) is 51.7 Å². The Balaban J connectivity index is 2.26. The fourth-order valence-corrected chi connectivity index (χ4v) is 2.79. The molecular weight excluding hydrogens is 244 g/mol. The fraction of sp³-hybridized carbons (Fsp3) is 0.571. The maximum atomic E-state index is 10.2. The Morgan fingerprint density at radius 2 is 1.94 bits per heavy atom. The minimum Gasteiger partial charge on any atom is -0.462 e. The first-order valence-corrected chi connectivity index (χ1v) is 9.21. The zero-order valence-electron chi connectivity index (χ0n) is 11.7. The van der Waals surface area contributed by atoms with E-state index in [1.54, 1.807) is 0 Å². The zero-order chi connectivity index (χ0) is 13.5. The molecule has 0 bridgehead atoms. The van der Waals surface area contributed by atoms with Crippen LogP contribution in [-0.4, -0.2) is 20.4 Å². The Kier molecular flexibility index (Phi) is 3.53. The molecule has 0 saturated heterocycles. The molecule has 0 spiro atoms. The van der Waals surface area contributed by atoms with Gasteiger partial charge in [0.25, 0.3) is 0 Å². The summed E-state index contributed by atoms with van der Waals surface area (Å²) < 4.78 is 11.4. The number of aliphatic hydroxyl groups excluding tert-OH is 1. The molecule has 0 aromatic heterocycles. The smallest absolute Gasteiger partial charge is 0.221 e. The van der Waals surface area contributed by atoms with E-state index in [9.17, 15) is 5.11 Å². The van der Waals surface area contributed by atoms with E-state index in [0.717, 1.165) is 11.3 Å². The van der Waals surface area contributed by atoms with Crippen molar-refractivity contribution in [3.8, 4) is 5.75 Å². The number of hydrogen-bond donors (Lipinski definition) is 1. The largest absolute Gasteiger partial charge is 0.462 e. The standard InChI is InChI=1S/C14H22O3Si/c1-14(2,3)9-6-7-10-11(8-9)16-13(12(10)15)17-18(4)5/h6-8,12-13,15,18H,1-5H3. The van der Waals surface area contributed by atoms with Crippen molar-refractivity contribution in [1.29, 1.82) is 0 Å². The SMILES string of the molecule is C[SiH](C)OC1Oc2cc(C(C)(C)C)ccc2C1O. The van der Waals surface area contributed by atoms with E-state index in [4.69, 9.17) is 9.16 Å². The Morgan fingerprint density at radius 1 is 1.28 bits per heavy atom. The second-order valence-electron chi connectivity index (χ2n) is 6.12. The van der Waals surface area contributed by atoms with Gasteiger partial charge in [-0.3, -0.25) is 0 Å². The van der Waals surface area contributed by atoms with Gasteiger partial charge in [0.05, 0.1) is 0 Å². The van der Waals surface area contributed by atoms with Gasteiger partial charge in [-0.15, -0.1) is 0 Å². The molecule has 18 heavy (non-hydrogen) atoms. The second kappa shape index (κ2) is 4.68. The summed E-state index contributed by atoms with van der Waals surface area (Å²) in [6, 6.07) is 6.02. The lowest BCUT2D eigenvalue weighted by atomic mass is 9.86. The summed E-state index contributed by atoms with van der Waals surface area (Å²) in [6.45, 7) is 10.6. The van der Waals surface area contributed by atoms with Crippen molar-refractivity contribution < 1.29 is 14.3 Å². The van der Waals surface area contributed by atoms with Crippen LogP contribution in [0, 0.1) is 0 Å². The van der Waals surface area contributed by atoms with E-state index in [1.165, 1.54) is 5.56 Å². The summed E-state index contributed by atoms with van der Waals surface area (Å²) >= 11 is 0. The molecule has 100 valence electrons. The highest BCUT2D eigenvalue weighted by Crippen LogP contribution is 2.39. The molecular formula is C14H22O3Si. The molecule has 2 atom stereocenters. The van der Waals surface area contributed by atoms with Crippen LogP contribution in [0.25, 0.3) is 0 Å². The van der Waals surface area contributed by atoms with Crippen LogP contribution >= 0.6 is 0 Å². The summed E-state index contributed by atoms with van der Waals surface area (Å²) in [6.07, 6.45) is -1.19. The summed E-state index contributed by atoms with van der Waals surface area (Å²) in [4.78, 5) is 0. The first-order chi connectivity index (χ1) is 8.29. The maximum absolute atomic E-state index is 10.2. The van der Waals surface area contributed by atoms with Crippen LogP contribution in [-0.2, 0) is 9.84 Å². The second-order valence-corrected chi connectivity index (χ2v) is 8.49. The van der Waals surface area contributed by atoms with E-state index < -0.39 is 21.4 Å². The first-order valence-electron chi connectivity index (χ1n) is 6.43. The highest BCUT2D eigenvalue weighted by atomic mass is 28.3. The lowest BCUT2D eigenvalue weighted by Gasteiger charge is -2.19. The molecule has 0 saturated carbocycles. The molecule has 0 aliphatic carbocycles. The highest BCUT2D eigenvalue weighted by molar-refractivity contribution is 6.48. The quantitative estimate of drug-likeness (QED) is 0.837. The van der Waals surface area contributed by atoms with Gasteiger partial charge in [-0.2, -0.15) is 0 Å². The van der Waals surface area contributed by atoms with Crippen molar-refractivity contribution in [1.82, 2.24) is 0 Å². The van der Waals surface area contributed by atoms with Crippen molar-refractivity contribution in [2.75, 3.05) is 0 Å². The third-order valence-corrected chi connectivity index (χ3v) is 3.92. The molecule has 4 heteroatoms. The van der Waals surface area contributed by atoms with Crippen LogP contribution < -0.4 is 4.74 Å².